The van der Waals surface area contributed by atoms with Crippen molar-refractivity contribution in [3.63, 3.8) is 0 Å². The molecule has 0 atom stereocenters. The molecule has 5 rings (SSSR count). The van der Waals surface area contributed by atoms with E-state index in [2.05, 4.69) is 14.9 Å². The highest BCUT2D eigenvalue weighted by Crippen LogP contribution is 2.37. The third kappa shape index (κ3) is 4.77. The molecule has 0 aromatic carbocycles. The van der Waals surface area contributed by atoms with Crippen LogP contribution in [0.5, 0.6) is 0 Å². The lowest BCUT2D eigenvalue weighted by Gasteiger charge is -2.11. The molecule has 0 unspecified atom stereocenters. The lowest BCUT2D eigenvalue weighted by Crippen LogP contribution is -2.40. The van der Waals surface area contributed by atoms with Crippen LogP contribution in [-0.2, 0) is 36.7 Å². The summed E-state index contributed by atoms with van der Waals surface area (Å²) in [6, 6.07) is 1.28. The van der Waals surface area contributed by atoms with Crippen LogP contribution in [0.4, 0.5) is 8.78 Å². The maximum atomic E-state index is 13.5. The van der Waals surface area contributed by atoms with Crippen molar-refractivity contribution >= 4 is 31.6 Å². The quantitative estimate of drug-likeness (QED) is 0.342. The van der Waals surface area contributed by atoms with Gasteiger partial charge in [0.05, 0.1) is 30.9 Å². The van der Waals surface area contributed by atoms with Gasteiger partial charge in [-0.3, -0.25) is 23.3 Å². The van der Waals surface area contributed by atoms with E-state index in [0.29, 0.717) is 24.0 Å². The number of alkyl halides is 2. The number of halogens is 2. The Balaban J connectivity index is 1.64. The van der Waals surface area contributed by atoms with E-state index in [-0.39, 0.29) is 27.5 Å². The second-order valence-corrected chi connectivity index (χ2v) is 12.1. The van der Waals surface area contributed by atoms with Crippen LogP contribution in [0.15, 0.2) is 44.7 Å². The number of aryl methyl sites for hydroxylation is 1. The van der Waals surface area contributed by atoms with Gasteiger partial charge in [-0.2, -0.15) is 10.2 Å². The van der Waals surface area contributed by atoms with Gasteiger partial charge in [0.15, 0.2) is 0 Å². The van der Waals surface area contributed by atoms with E-state index in [1.807, 2.05) is 0 Å². The Morgan fingerprint density at radius 2 is 1.78 bits per heavy atom. The predicted molar refractivity (Wildman–Crippen MR) is 128 cm³/mol. The van der Waals surface area contributed by atoms with Gasteiger partial charge in [0.1, 0.15) is 15.6 Å². The SMILES string of the molecule is Cn1cc(Cn2c(=O)c3cc(S(=O)(=O)NC4(C)CC4)sc3n(Cc3cnn(CC(F)F)c3)c2=O)cn1. The van der Waals surface area contributed by atoms with Crippen molar-refractivity contribution in [2.75, 3.05) is 0 Å². The van der Waals surface area contributed by atoms with Crippen LogP contribution in [0.25, 0.3) is 10.2 Å². The summed E-state index contributed by atoms with van der Waals surface area (Å²) in [4.78, 5) is 27.0. The van der Waals surface area contributed by atoms with E-state index in [4.69, 9.17) is 0 Å². The minimum atomic E-state index is -3.92. The Morgan fingerprint density at radius 1 is 1.11 bits per heavy atom. The first-order valence-corrected chi connectivity index (χ1v) is 13.3. The molecule has 1 aliphatic carbocycles. The van der Waals surface area contributed by atoms with Crippen molar-refractivity contribution in [1.82, 2.24) is 33.4 Å². The third-order valence-electron chi connectivity index (χ3n) is 5.97. The van der Waals surface area contributed by atoms with Gasteiger partial charge in [0, 0.05) is 36.1 Å². The number of sulfonamides is 1. The first kappa shape index (κ1) is 24.5. The molecular weight excluding hydrogens is 516 g/mol. The zero-order valence-electron chi connectivity index (χ0n) is 19.4. The fraction of sp³-hybridized carbons (Fsp3) is 0.429. The molecule has 11 nitrogen and oxygen atoms in total. The zero-order chi connectivity index (χ0) is 25.8. The van der Waals surface area contributed by atoms with E-state index in [9.17, 15) is 26.8 Å². The van der Waals surface area contributed by atoms with E-state index in [1.165, 1.54) is 33.9 Å². The molecule has 4 aromatic rings. The van der Waals surface area contributed by atoms with E-state index >= 15 is 0 Å². The summed E-state index contributed by atoms with van der Waals surface area (Å²) in [6.45, 7) is 1.04. The van der Waals surface area contributed by atoms with Crippen LogP contribution in [0, 0.1) is 0 Å². The Kier molecular flexibility index (Phi) is 5.95. The molecular formula is C21H23F2N7O4S2. The summed E-state index contributed by atoms with van der Waals surface area (Å²) in [7, 11) is -2.22. The third-order valence-corrected chi connectivity index (χ3v) is 9.24. The standard InChI is InChI=1S/C21H23F2N7O4S2/c1-21(3-4-21)26-36(33,34)17-5-15-18(31)29(10-13-6-24-27(2)8-13)20(32)30(19(15)35-17)11-14-7-25-28(9-14)12-16(22)23/h5-9,16,26H,3-4,10-12H2,1-2H3. The van der Waals surface area contributed by atoms with Gasteiger partial charge in [-0.25, -0.2) is 26.7 Å². The Labute approximate surface area is 207 Å². The van der Waals surface area contributed by atoms with Crippen molar-refractivity contribution < 1.29 is 17.2 Å². The van der Waals surface area contributed by atoms with Crippen LogP contribution in [-0.4, -0.2) is 49.1 Å². The van der Waals surface area contributed by atoms with Gasteiger partial charge < -0.3 is 0 Å². The van der Waals surface area contributed by atoms with Gasteiger partial charge in [0.2, 0.25) is 0 Å². The minimum Gasteiger partial charge on any atom is -0.280 e. The number of nitrogens with one attached hydrogen (secondary N) is 1. The largest absolute Gasteiger partial charge is 0.332 e. The molecule has 0 aliphatic heterocycles. The molecule has 36 heavy (non-hydrogen) atoms. The van der Waals surface area contributed by atoms with Crippen LogP contribution in [0.3, 0.4) is 0 Å². The number of rotatable bonds is 9. The fourth-order valence-corrected chi connectivity index (χ4v) is 6.80. The number of hydrogen-bond acceptors (Lipinski definition) is 7. The predicted octanol–water partition coefficient (Wildman–Crippen LogP) is 1.35. The van der Waals surface area contributed by atoms with Crippen molar-refractivity contribution in [3.8, 4) is 0 Å². The van der Waals surface area contributed by atoms with Crippen LogP contribution in [0.2, 0.25) is 0 Å². The average molecular weight is 540 g/mol. The van der Waals surface area contributed by atoms with Gasteiger partial charge >= 0.3 is 5.69 Å². The average Bonchev–Trinajstić information content (AvgIpc) is 3.20. The van der Waals surface area contributed by atoms with Crippen LogP contribution >= 0.6 is 11.3 Å². The molecule has 0 saturated heterocycles. The molecule has 1 N–H and O–H groups in total. The zero-order valence-corrected chi connectivity index (χ0v) is 21.0. The minimum absolute atomic E-state index is 0.0691. The molecule has 1 saturated carbocycles. The van der Waals surface area contributed by atoms with Gasteiger partial charge in [0.25, 0.3) is 22.0 Å². The normalized spacial score (nSPS) is 15.2. The maximum absolute atomic E-state index is 13.5. The van der Waals surface area contributed by atoms with Crippen molar-refractivity contribution in [2.45, 2.75) is 55.6 Å². The molecule has 192 valence electrons. The molecule has 1 fully saturated rings. The Hall–Kier alpha value is -3.17. The molecule has 0 amide bonds. The number of aromatic nitrogens is 6. The Bertz CT molecular complexity index is 1680. The summed E-state index contributed by atoms with van der Waals surface area (Å²) in [5.74, 6) is 0. The smallest absolute Gasteiger partial charge is 0.280 e. The fourth-order valence-electron chi connectivity index (χ4n) is 3.90. The second kappa shape index (κ2) is 8.74. The molecule has 4 heterocycles. The summed E-state index contributed by atoms with van der Waals surface area (Å²) in [5.41, 5.74) is -0.746. The monoisotopic (exact) mass is 539 g/mol. The highest BCUT2D eigenvalue weighted by Gasteiger charge is 2.41. The number of hydrogen-bond donors (Lipinski definition) is 1. The van der Waals surface area contributed by atoms with Gasteiger partial charge in [-0.1, -0.05) is 0 Å². The van der Waals surface area contributed by atoms with E-state index < -0.39 is 39.8 Å². The van der Waals surface area contributed by atoms with Crippen molar-refractivity contribution in [2.24, 2.45) is 7.05 Å². The van der Waals surface area contributed by atoms with Crippen molar-refractivity contribution in [1.29, 1.82) is 0 Å². The molecule has 0 spiro atoms. The summed E-state index contributed by atoms with van der Waals surface area (Å²) >= 11 is 0.819. The summed E-state index contributed by atoms with van der Waals surface area (Å²) in [5, 5.41) is 8.04. The van der Waals surface area contributed by atoms with E-state index in [1.54, 1.807) is 20.2 Å². The maximum Gasteiger partial charge on any atom is 0.332 e. The van der Waals surface area contributed by atoms with Crippen molar-refractivity contribution in [3.05, 3.63) is 62.8 Å². The number of fused-ring (bicyclic) bond motifs is 1. The number of nitrogens with zero attached hydrogens (tertiary/aromatic N) is 6. The first-order chi connectivity index (χ1) is 16.9. The highest BCUT2D eigenvalue weighted by atomic mass is 32.2. The molecule has 0 radical (unpaired) electrons. The summed E-state index contributed by atoms with van der Waals surface area (Å²) < 4.78 is 59.0. The first-order valence-electron chi connectivity index (χ1n) is 11.0. The van der Waals surface area contributed by atoms with Gasteiger partial charge in [-0.15, -0.1) is 11.3 Å². The molecule has 4 aromatic heterocycles. The Morgan fingerprint density at radius 3 is 2.42 bits per heavy atom. The lowest BCUT2D eigenvalue weighted by atomic mass is 10.3. The van der Waals surface area contributed by atoms with Crippen LogP contribution in [0.1, 0.15) is 30.9 Å². The summed E-state index contributed by atoms with van der Waals surface area (Å²) in [6.07, 6.45) is 4.76. The van der Waals surface area contributed by atoms with E-state index in [0.717, 1.165) is 20.6 Å². The highest BCUT2D eigenvalue weighted by molar-refractivity contribution is 7.91. The van der Waals surface area contributed by atoms with Gasteiger partial charge in [-0.05, 0) is 25.8 Å². The second-order valence-electron chi connectivity index (χ2n) is 9.19. The number of thiophene rings is 1. The molecule has 15 heteroatoms. The molecule has 1 aliphatic rings. The lowest BCUT2D eigenvalue weighted by molar-refractivity contribution is 0.122. The van der Waals surface area contributed by atoms with Crippen LogP contribution < -0.4 is 16.0 Å². The molecule has 0 bridgehead atoms. The topological polar surface area (TPSA) is 126 Å².